The molecule has 0 saturated carbocycles. The van der Waals surface area contributed by atoms with Gasteiger partial charge in [0, 0.05) is 0 Å². The van der Waals surface area contributed by atoms with Crippen molar-refractivity contribution in [3.8, 4) is 0 Å². The summed E-state index contributed by atoms with van der Waals surface area (Å²) in [4.78, 5) is 0. The molecule has 0 aliphatic rings. The molecule has 0 heteroatoms. The molecule has 0 aliphatic heterocycles. The van der Waals surface area contributed by atoms with Gasteiger partial charge in [0.25, 0.3) is 0 Å². The Morgan fingerprint density at radius 1 is 1.21 bits per heavy atom. The second kappa shape index (κ2) is 8.31. The topological polar surface area (TPSA) is 0 Å². The molecule has 0 spiro atoms. The average Bonchev–Trinajstić information content (AvgIpc) is 2.19. The summed E-state index contributed by atoms with van der Waals surface area (Å²) in [5, 5.41) is 0. The van der Waals surface area contributed by atoms with Crippen molar-refractivity contribution in [2.75, 3.05) is 0 Å². The molecule has 0 aromatic heterocycles. The minimum atomic E-state index is 1.07. The van der Waals surface area contributed by atoms with Crippen molar-refractivity contribution in [3.05, 3.63) is 60.8 Å². The molecule has 0 radical (unpaired) electrons. The summed E-state index contributed by atoms with van der Waals surface area (Å²) in [5.74, 6) is 0. The first kappa shape index (κ1) is 12.7. The molecular formula is C14H20. The molecule has 76 valence electrons. The van der Waals surface area contributed by atoms with Crippen molar-refractivity contribution < 1.29 is 0 Å². The van der Waals surface area contributed by atoms with Gasteiger partial charge in [0.1, 0.15) is 0 Å². The van der Waals surface area contributed by atoms with Gasteiger partial charge in [-0.25, -0.2) is 0 Å². The van der Waals surface area contributed by atoms with Gasteiger partial charge in [0.05, 0.1) is 0 Å². The zero-order valence-corrected chi connectivity index (χ0v) is 9.29. The Bertz CT molecular complexity index is 262. The first-order chi connectivity index (χ1) is 6.74. The van der Waals surface area contributed by atoms with E-state index in [1.807, 2.05) is 19.1 Å². The third-order valence-electron chi connectivity index (χ3n) is 1.84. The average molecular weight is 188 g/mol. The fourth-order valence-corrected chi connectivity index (χ4v) is 1.05. The summed E-state index contributed by atoms with van der Waals surface area (Å²) in [6.45, 7) is 11.8. The first-order valence-corrected chi connectivity index (χ1v) is 5.05. The number of allylic oxidation sites excluding steroid dienone is 8. The Balaban J connectivity index is 4.25. The summed E-state index contributed by atoms with van der Waals surface area (Å²) in [7, 11) is 0. The Hall–Kier alpha value is -1.30. The van der Waals surface area contributed by atoms with E-state index in [0.717, 1.165) is 12.8 Å². The Labute approximate surface area is 88.0 Å². The summed E-state index contributed by atoms with van der Waals surface area (Å²) in [5.41, 5.74) is 2.36. The molecule has 0 aliphatic carbocycles. The number of hydrogen-bond acceptors (Lipinski definition) is 0. The van der Waals surface area contributed by atoms with Gasteiger partial charge in [-0.1, -0.05) is 68.5 Å². The van der Waals surface area contributed by atoms with Crippen LogP contribution in [-0.2, 0) is 0 Å². The van der Waals surface area contributed by atoms with E-state index in [1.165, 1.54) is 11.1 Å². The van der Waals surface area contributed by atoms with Crippen molar-refractivity contribution in [2.45, 2.75) is 26.7 Å². The monoisotopic (exact) mass is 188 g/mol. The van der Waals surface area contributed by atoms with E-state index >= 15 is 0 Å². The van der Waals surface area contributed by atoms with Crippen molar-refractivity contribution in [1.29, 1.82) is 0 Å². The summed E-state index contributed by atoms with van der Waals surface area (Å²) in [6, 6.07) is 0. The van der Waals surface area contributed by atoms with Crippen LogP contribution in [0.1, 0.15) is 26.7 Å². The second-order valence-electron chi connectivity index (χ2n) is 3.13. The largest absolute Gasteiger partial charge is 0.0991 e. The highest BCUT2D eigenvalue weighted by Gasteiger charge is 1.86. The van der Waals surface area contributed by atoms with Crippen molar-refractivity contribution in [1.82, 2.24) is 0 Å². The molecular weight excluding hydrogens is 168 g/mol. The lowest BCUT2D eigenvalue weighted by molar-refractivity contribution is 0.930. The van der Waals surface area contributed by atoms with E-state index in [4.69, 9.17) is 0 Å². The fourth-order valence-electron chi connectivity index (χ4n) is 1.05. The third kappa shape index (κ3) is 6.24. The molecule has 0 saturated heterocycles. The highest BCUT2D eigenvalue weighted by atomic mass is 13.9. The van der Waals surface area contributed by atoms with Gasteiger partial charge < -0.3 is 0 Å². The Morgan fingerprint density at radius 3 is 2.43 bits per heavy atom. The molecule has 0 unspecified atom stereocenters. The van der Waals surface area contributed by atoms with Crippen LogP contribution >= 0.6 is 0 Å². The summed E-state index contributed by atoms with van der Waals surface area (Å²) >= 11 is 0. The van der Waals surface area contributed by atoms with Gasteiger partial charge >= 0.3 is 0 Å². The molecule has 0 bridgehead atoms. The van der Waals surface area contributed by atoms with Crippen molar-refractivity contribution in [3.63, 3.8) is 0 Å². The normalized spacial score (nSPS) is 12.6. The second-order valence-corrected chi connectivity index (χ2v) is 3.13. The molecule has 0 aromatic carbocycles. The van der Waals surface area contributed by atoms with Crippen LogP contribution in [0.25, 0.3) is 0 Å². The maximum absolute atomic E-state index is 3.97. The quantitative estimate of drug-likeness (QED) is 0.535. The maximum Gasteiger partial charge on any atom is -0.0287 e. The van der Waals surface area contributed by atoms with Crippen molar-refractivity contribution >= 4 is 0 Å². The van der Waals surface area contributed by atoms with Gasteiger partial charge in [-0.3, -0.25) is 0 Å². The smallest absolute Gasteiger partial charge is 0.0287 e. The lowest BCUT2D eigenvalue weighted by Gasteiger charge is -1.95. The van der Waals surface area contributed by atoms with Gasteiger partial charge in [-0.2, -0.15) is 0 Å². The Morgan fingerprint density at radius 2 is 1.93 bits per heavy atom. The minimum Gasteiger partial charge on any atom is -0.0991 e. The van der Waals surface area contributed by atoms with Crippen molar-refractivity contribution in [2.24, 2.45) is 0 Å². The van der Waals surface area contributed by atoms with Crippen LogP contribution in [-0.4, -0.2) is 0 Å². The van der Waals surface area contributed by atoms with Gasteiger partial charge in [0.2, 0.25) is 0 Å². The molecule has 0 atom stereocenters. The van der Waals surface area contributed by atoms with E-state index in [9.17, 15) is 0 Å². The van der Waals surface area contributed by atoms with Crippen LogP contribution in [0.4, 0.5) is 0 Å². The SMILES string of the molecule is C=C\C=C/C(/C=C/C(=C)CCC)=C\C. The highest BCUT2D eigenvalue weighted by molar-refractivity contribution is 5.34. The van der Waals surface area contributed by atoms with E-state index in [0.29, 0.717) is 0 Å². The summed E-state index contributed by atoms with van der Waals surface area (Å²) in [6.07, 6.45) is 14.2. The Kier molecular flexibility index (Phi) is 7.53. The van der Waals surface area contributed by atoms with Gasteiger partial charge in [-0.15, -0.1) is 0 Å². The molecule has 0 amide bonds. The first-order valence-electron chi connectivity index (χ1n) is 5.05. The van der Waals surface area contributed by atoms with Crippen LogP contribution < -0.4 is 0 Å². The minimum absolute atomic E-state index is 1.07. The van der Waals surface area contributed by atoms with Crippen LogP contribution in [0.15, 0.2) is 60.8 Å². The third-order valence-corrected chi connectivity index (χ3v) is 1.84. The number of rotatable bonds is 6. The van der Waals surface area contributed by atoms with Gasteiger partial charge in [0.15, 0.2) is 0 Å². The molecule has 0 aromatic rings. The van der Waals surface area contributed by atoms with E-state index < -0.39 is 0 Å². The fraction of sp³-hybridized carbons (Fsp3) is 0.286. The van der Waals surface area contributed by atoms with Gasteiger partial charge in [-0.05, 0) is 18.9 Å². The maximum atomic E-state index is 3.97. The van der Waals surface area contributed by atoms with E-state index in [1.54, 1.807) is 6.08 Å². The molecule has 0 rings (SSSR count). The molecule has 0 heterocycles. The van der Waals surface area contributed by atoms with E-state index in [-0.39, 0.29) is 0 Å². The van der Waals surface area contributed by atoms with Crippen LogP contribution in [0, 0.1) is 0 Å². The van der Waals surface area contributed by atoms with E-state index in [2.05, 4.69) is 38.3 Å². The lowest BCUT2D eigenvalue weighted by atomic mass is 10.1. The molecule has 0 nitrogen and oxygen atoms in total. The molecule has 14 heavy (non-hydrogen) atoms. The number of hydrogen-bond donors (Lipinski definition) is 0. The predicted molar refractivity (Wildman–Crippen MR) is 66.3 cm³/mol. The summed E-state index contributed by atoms with van der Waals surface area (Å²) < 4.78 is 0. The van der Waals surface area contributed by atoms with Crippen LogP contribution in [0.3, 0.4) is 0 Å². The standard InChI is InChI=1S/C14H20/c1-5-8-10-14(7-3)12-11-13(4)9-6-2/h5,7-8,10-12H,1,4,6,9H2,2-3H3/b10-8-,12-11+,14-7+. The highest BCUT2D eigenvalue weighted by Crippen LogP contribution is 2.06. The zero-order valence-electron chi connectivity index (χ0n) is 9.29. The zero-order chi connectivity index (χ0) is 10.8. The lowest BCUT2D eigenvalue weighted by Crippen LogP contribution is -1.75. The van der Waals surface area contributed by atoms with Crippen LogP contribution in [0.2, 0.25) is 0 Å². The van der Waals surface area contributed by atoms with Crippen LogP contribution in [0.5, 0.6) is 0 Å². The molecule has 0 N–H and O–H groups in total. The molecule has 0 fully saturated rings. The predicted octanol–water partition coefficient (Wildman–Crippen LogP) is 4.59.